The van der Waals surface area contributed by atoms with Crippen LogP contribution in [0, 0.1) is 0 Å². The zero-order chi connectivity index (χ0) is 15.9. The van der Waals surface area contributed by atoms with Gasteiger partial charge in [-0.1, -0.05) is 62.2 Å². The van der Waals surface area contributed by atoms with E-state index in [9.17, 15) is 4.79 Å². The standard InChI is InChI=1S/C18H18Br2O2/c1-13(21)22-17(12-14-6-9-16(19)10-7-14)11-8-15-4-2-3-5-18(15)20/h2-7,9-10,17H,8,11-12H2,1H3. The minimum atomic E-state index is -0.228. The molecule has 0 amide bonds. The minimum Gasteiger partial charge on any atom is -0.462 e. The summed E-state index contributed by atoms with van der Waals surface area (Å²) in [6.07, 6.45) is 2.30. The van der Waals surface area contributed by atoms with Crippen molar-refractivity contribution in [2.24, 2.45) is 0 Å². The van der Waals surface area contributed by atoms with Gasteiger partial charge >= 0.3 is 5.97 Å². The smallest absolute Gasteiger partial charge is 0.302 e. The monoisotopic (exact) mass is 424 g/mol. The van der Waals surface area contributed by atoms with E-state index in [1.807, 2.05) is 30.3 Å². The van der Waals surface area contributed by atoms with E-state index >= 15 is 0 Å². The Bertz CT molecular complexity index is 623. The topological polar surface area (TPSA) is 26.3 Å². The first-order valence-corrected chi connectivity index (χ1v) is 8.78. The maximum absolute atomic E-state index is 11.3. The van der Waals surface area contributed by atoms with Crippen LogP contribution in [-0.4, -0.2) is 12.1 Å². The number of benzene rings is 2. The summed E-state index contributed by atoms with van der Waals surface area (Å²) in [6, 6.07) is 16.3. The molecule has 0 saturated carbocycles. The molecule has 0 aromatic heterocycles. The quantitative estimate of drug-likeness (QED) is 0.585. The largest absolute Gasteiger partial charge is 0.462 e. The summed E-state index contributed by atoms with van der Waals surface area (Å²) in [7, 11) is 0. The van der Waals surface area contributed by atoms with E-state index in [1.165, 1.54) is 18.1 Å². The molecule has 116 valence electrons. The van der Waals surface area contributed by atoms with Crippen molar-refractivity contribution >= 4 is 37.8 Å². The van der Waals surface area contributed by atoms with Gasteiger partial charge in [0.1, 0.15) is 6.10 Å². The van der Waals surface area contributed by atoms with Gasteiger partial charge in [0.2, 0.25) is 0 Å². The highest BCUT2D eigenvalue weighted by molar-refractivity contribution is 9.10. The molecule has 0 aliphatic heterocycles. The first kappa shape index (κ1) is 17.2. The van der Waals surface area contributed by atoms with Gasteiger partial charge in [0.25, 0.3) is 0 Å². The van der Waals surface area contributed by atoms with E-state index in [4.69, 9.17) is 4.74 Å². The van der Waals surface area contributed by atoms with Gasteiger partial charge in [-0.3, -0.25) is 4.79 Å². The molecule has 0 fully saturated rings. The molecular weight excluding hydrogens is 408 g/mol. The predicted molar refractivity (Wildman–Crippen MR) is 95.9 cm³/mol. The van der Waals surface area contributed by atoms with E-state index < -0.39 is 0 Å². The number of hydrogen-bond donors (Lipinski definition) is 0. The van der Waals surface area contributed by atoms with Crippen LogP contribution < -0.4 is 0 Å². The fourth-order valence-corrected chi connectivity index (χ4v) is 3.09. The van der Waals surface area contributed by atoms with Crippen LogP contribution >= 0.6 is 31.9 Å². The second kappa shape index (κ2) is 8.49. The fourth-order valence-electron chi connectivity index (χ4n) is 2.34. The average Bonchev–Trinajstić information content (AvgIpc) is 2.48. The molecule has 1 unspecified atom stereocenters. The van der Waals surface area contributed by atoms with E-state index in [1.54, 1.807) is 0 Å². The summed E-state index contributed by atoms with van der Waals surface area (Å²) < 4.78 is 7.63. The molecule has 2 aromatic carbocycles. The number of carbonyl (C=O) groups is 1. The molecule has 2 nitrogen and oxygen atoms in total. The van der Waals surface area contributed by atoms with Crippen molar-refractivity contribution in [2.45, 2.75) is 32.3 Å². The number of ether oxygens (including phenoxy) is 1. The van der Waals surface area contributed by atoms with Crippen molar-refractivity contribution in [1.29, 1.82) is 0 Å². The number of esters is 1. The van der Waals surface area contributed by atoms with E-state index in [0.29, 0.717) is 0 Å². The molecule has 4 heteroatoms. The first-order chi connectivity index (χ1) is 10.5. The Morgan fingerprint density at radius 3 is 2.41 bits per heavy atom. The number of rotatable bonds is 6. The normalized spacial score (nSPS) is 12.0. The second-order valence-electron chi connectivity index (χ2n) is 5.19. The van der Waals surface area contributed by atoms with Gasteiger partial charge in [0.15, 0.2) is 0 Å². The van der Waals surface area contributed by atoms with Crippen LogP contribution in [0.3, 0.4) is 0 Å². The Kier molecular flexibility index (Phi) is 6.65. The molecule has 0 radical (unpaired) electrons. The Morgan fingerprint density at radius 2 is 1.77 bits per heavy atom. The second-order valence-corrected chi connectivity index (χ2v) is 6.96. The summed E-state index contributed by atoms with van der Waals surface area (Å²) in [5.74, 6) is -0.228. The fraction of sp³-hybridized carbons (Fsp3) is 0.278. The van der Waals surface area contributed by atoms with Crippen molar-refractivity contribution < 1.29 is 9.53 Å². The third-order valence-electron chi connectivity index (χ3n) is 3.40. The average molecular weight is 426 g/mol. The number of halogens is 2. The van der Waals surface area contributed by atoms with Crippen molar-refractivity contribution in [3.63, 3.8) is 0 Å². The van der Waals surface area contributed by atoms with Gasteiger partial charge in [0.05, 0.1) is 0 Å². The molecule has 0 aliphatic carbocycles. The highest BCUT2D eigenvalue weighted by atomic mass is 79.9. The van der Waals surface area contributed by atoms with Crippen LogP contribution in [-0.2, 0) is 22.4 Å². The third kappa shape index (κ3) is 5.58. The van der Waals surface area contributed by atoms with Gasteiger partial charge in [-0.2, -0.15) is 0 Å². The van der Waals surface area contributed by atoms with E-state index in [0.717, 1.165) is 28.2 Å². The van der Waals surface area contributed by atoms with Crippen LogP contribution in [0.2, 0.25) is 0 Å². The van der Waals surface area contributed by atoms with Crippen LogP contribution in [0.4, 0.5) is 0 Å². The summed E-state index contributed by atoms with van der Waals surface area (Å²) in [4.78, 5) is 11.3. The Labute approximate surface area is 148 Å². The van der Waals surface area contributed by atoms with Gasteiger partial charge in [-0.05, 0) is 42.2 Å². The van der Waals surface area contributed by atoms with Gasteiger partial charge in [0, 0.05) is 22.3 Å². The van der Waals surface area contributed by atoms with Crippen molar-refractivity contribution in [3.05, 3.63) is 68.6 Å². The molecule has 0 heterocycles. The molecule has 0 aliphatic rings. The SMILES string of the molecule is CC(=O)OC(CCc1ccccc1Br)Cc1ccc(Br)cc1. The Hall–Kier alpha value is -1.13. The number of aryl methyl sites for hydroxylation is 1. The summed E-state index contributed by atoms with van der Waals surface area (Å²) >= 11 is 6.99. The lowest BCUT2D eigenvalue weighted by Gasteiger charge is -2.17. The lowest BCUT2D eigenvalue weighted by molar-refractivity contribution is -0.146. The van der Waals surface area contributed by atoms with Crippen molar-refractivity contribution in [2.75, 3.05) is 0 Å². The van der Waals surface area contributed by atoms with E-state index in [2.05, 4.69) is 50.1 Å². The zero-order valence-electron chi connectivity index (χ0n) is 12.4. The minimum absolute atomic E-state index is 0.106. The highest BCUT2D eigenvalue weighted by Crippen LogP contribution is 2.20. The highest BCUT2D eigenvalue weighted by Gasteiger charge is 2.14. The van der Waals surface area contributed by atoms with Crippen LogP contribution in [0.25, 0.3) is 0 Å². The van der Waals surface area contributed by atoms with Crippen LogP contribution in [0.5, 0.6) is 0 Å². The third-order valence-corrected chi connectivity index (χ3v) is 4.71. The summed E-state index contributed by atoms with van der Waals surface area (Å²) in [6.45, 7) is 1.47. The first-order valence-electron chi connectivity index (χ1n) is 7.19. The lowest BCUT2D eigenvalue weighted by atomic mass is 10.0. The van der Waals surface area contributed by atoms with Crippen molar-refractivity contribution in [3.8, 4) is 0 Å². The lowest BCUT2D eigenvalue weighted by Crippen LogP contribution is -2.20. The molecule has 0 saturated heterocycles. The Balaban J connectivity index is 2.01. The zero-order valence-corrected chi connectivity index (χ0v) is 15.6. The molecule has 22 heavy (non-hydrogen) atoms. The molecule has 0 bridgehead atoms. The maximum atomic E-state index is 11.3. The Morgan fingerprint density at radius 1 is 1.09 bits per heavy atom. The van der Waals surface area contributed by atoms with Crippen molar-refractivity contribution in [1.82, 2.24) is 0 Å². The molecule has 1 atom stereocenters. The molecular formula is C18H18Br2O2. The van der Waals surface area contributed by atoms with Gasteiger partial charge in [-0.25, -0.2) is 0 Å². The van der Waals surface area contributed by atoms with E-state index in [-0.39, 0.29) is 12.1 Å². The van der Waals surface area contributed by atoms with Gasteiger partial charge in [-0.15, -0.1) is 0 Å². The number of carbonyl (C=O) groups excluding carboxylic acids is 1. The molecule has 2 aromatic rings. The molecule has 0 spiro atoms. The summed E-state index contributed by atoms with van der Waals surface area (Å²) in [5.41, 5.74) is 2.40. The van der Waals surface area contributed by atoms with Crippen LogP contribution in [0.15, 0.2) is 57.5 Å². The van der Waals surface area contributed by atoms with Crippen LogP contribution in [0.1, 0.15) is 24.5 Å². The molecule has 0 N–H and O–H groups in total. The number of hydrogen-bond acceptors (Lipinski definition) is 2. The molecule has 2 rings (SSSR count). The van der Waals surface area contributed by atoms with Gasteiger partial charge < -0.3 is 4.74 Å². The summed E-state index contributed by atoms with van der Waals surface area (Å²) in [5, 5.41) is 0. The maximum Gasteiger partial charge on any atom is 0.302 e. The predicted octanol–water partition coefficient (Wildman–Crippen LogP) is 5.32.